The summed E-state index contributed by atoms with van der Waals surface area (Å²) in [6.07, 6.45) is 2.39. The van der Waals surface area contributed by atoms with E-state index in [2.05, 4.69) is 111 Å². The van der Waals surface area contributed by atoms with Gasteiger partial charge >= 0.3 is 0 Å². The van der Waals surface area contributed by atoms with Crippen molar-refractivity contribution in [1.29, 1.82) is 0 Å². The first-order valence-electron chi connectivity index (χ1n) is 11.4. The van der Waals surface area contributed by atoms with Crippen LogP contribution in [0.2, 0.25) is 0 Å². The van der Waals surface area contributed by atoms with Gasteiger partial charge in [-0.3, -0.25) is 0 Å². The third-order valence-electron chi connectivity index (χ3n) is 10.4. The summed E-state index contributed by atoms with van der Waals surface area (Å²) in [5.41, 5.74) is -0.0690. The molecule has 0 saturated heterocycles. The number of hydrogen-bond acceptors (Lipinski definition) is 1. The molecular weight excluding hydrogens is 328 g/mol. The van der Waals surface area contributed by atoms with Crippen molar-refractivity contribution in [2.45, 2.75) is 135 Å². The maximum atomic E-state index is 7.12. The van der Waals surface area contributed by atoms with Gasteiger partial charge in [-0.1, -0.05) is 95.9 Å². The van der Waals surface area contributed by atoms with Gasteiger partial charge in [0.05, 0.1) is 11.2 Å². The monoisotopic (exact) mass is 382 g/mol. The second kappa shape index (κ2) is 8.00. The maximum absolute atomic E-state index is 7.12. The van der Waals surface area contributed by atoms with Gasteiger partial charge in [0.2, 0.25) is 0 Å². The molecule has 0 radical (unpaired) electrons. The molecule has 1 heteroatoms. The van der Waals surface area contributed by atoms with Gasteiger partial charge in [-0.2, -0.15) is 0 Å². The zero-order valence-electron chi connectivity index (χ0n) is 22.0. The maximum Gasteiger partial charge on any atom is 0.0689 e. The molecule has 0 aliphatic heterocycles. The summed E-state index contributed by atoms with van der Waals surface area (Å²) < 4.78 is 7.12. The lowest BCUT2D eigenvalue weighted by molar-refractivity contribution is -0.259. The smallest absolute Gasteiger partial charge is 0.0689 e. The summed E-state index contributed by atoms with van der Waals surface area (Å²) >= 11 is 0. The van der Waals surface area contributed by atoms with E-state index < -0.39 is 0 Å². The zero-order chi connectivity index (χ0) is 22.3. The molecule has 0 N–H and O–H groups in total. The first-order chi connectivity index (χ1) is 11.7. The Labute approximate surface area is 173 Å². The standard InChI is InChI=1S/C26H54O/c1-17-19(3)21(5,6)23(9,10)25(13,14)27-26(15,16)24(11,12)22(7,8)20(4)18-2/h19-20H,17-18H2,1-16H3. The van der Waals surface area contributed by atoms with Crippen molar-refractivity contribution in [3.63, 3.8) is 0 Å². The fraction of sp³-hybridized carbons (Fsp3) is 1.00. The Morgan fingerprint density at radius 2 is 0.741 bits per heavy atom. The molecule has 0 aromatic heterocycles. The second-order valence-electron chi connectivity index (χ2n) is 12.4. The van der Waals surface area contributed by atoms with Gasteiger partial charge in [0.1, 0.15) is 0 Å². The fourth-order valence-electron chi connectivity index (χ4n) is 4.70. The van der Waals surface area contributed by atoms with Gasteiger partial charge < -0.3 is 4.74 Å². The summed E-state index contributed by atoms with van der Waals surface area (Å²) in [4.78, 5) is 0. The van der Waals surface area contributed by atoms with E-state index in [-0.39, 0.29) is 32.9 Å². The minimum atomic E-state index is -0.244. The molecule has 2 atom stereocenters. The van der Waals surface area contributed by atoms with E-state index in [0.29, 0.717) is 11.8 Å². The highest BCUT2D eigenvalue weighted by molar-refractivity contribution is 5.05. The highest BCUT2D eigenvalue weighted by atomic mass is 16.5. The van der Waals surface area contributed by atoms with Gasteiger partial charge in [-0.15, -0.1) is 0 Å². The lowest BCUT2D eigenvalue weighted by atomic mass is 9.53. The molecule has 0 fully saturated rings. The van der Waals surface area contributed by atoms with E-state index >= 15 is 0 Å². The Bertz CT molecular complexity index is 432. The predicted octanol–water partition coefficient (Wildman–Crippen LogP) is 8.76. The number of hydrogen-bond donors (Lipinski definition) is 0. The van der Waals surface area contributed by atoms with Crippen molar-refractivity contribution >= 4 is 0 Å². The first kappa shape index (κ1) is 27.0. The van der Waals surface area contributed by atoms with Crippen LogP contribution in [0.25, 0.3) is 0 Å². The zero-order valence-corrected chi connectivity index (χ0v) is 22.0. The molecule has 0 amide bonds. The van der Waals surface area contributed by atoms with Crippen LogP contribution in [-0.4, -0.2) is 11.2 Å². The van der Waals surface area contributed by atoms with E-state index in [9.17, 15) is 0 Å². The van der Waals surface area contributed by atoms with Crippen LogP contribution in [0, 0.1) is 33.5 Å². The molecule has 1 nitrogen and oxygen atoms in total. The Morgan fingerprint density at radius 1 is 0.519 bits per heavy atom. The molecular formula is C26H54O. The van der Waals surface area contributed by atoms with Crippen LogP contribution < -0.4 is 0 Å². The Balaban J connectivity index is 6.02. The van der Waals surface area contributed by atoms with Crippen molar-refractivity contribution in [2.75, 3.05) is 0 Å². The molecule has 0 heterocycles. The van der Waals surface area contributed by atoms with Crippen LogP contribution in [0.3, 0.4) is 0 Å². The molecule has 27 heavy (non-hydrogen) atoms. The topological polar surface area (TPSA) is 9.23 Å². The van der Waals surface area contributed by atoms with Crippen LogP contribution >= 0.6 is 0 Å². The molecule has 0 aromatic rings. The molecule has 0 saturated carbocycles. The Kier molecular flexibility index (Phi) is 7.99. The lowest BCUT2D eigenvalue weighted by Gasteiger charge is -2.60. The highest BCUT2D eigenvalue weighted by Crippen LogP contribution is 2.58. The molecule has 0 aliphatic carbocycles. The van der Waals surface area contributed by atoms with E-state index in [0.717, 1.165) is 0 Å². The Hall–Kier alpha value is -0.0400. The summed E-state index contributed by atoms with van der Waals surface area (Å²) in [5.74, 6) is 1.28. The summed E-state index contributed by atoms with van der Waals surface area (Å²) in [7, 11) is 0. The van der Waals surface area contributed by atoms with Gasteiger partial charge in [-0.05, 0) is 61.2 Å². The van der Waals surface area contributed by atoms with Crippen molar-refractivity contribution in [2.24, 2.45) is 33.5 Å². The molecule has 0 aromatic carbocycles. The molecule has 2 unspecified atom stereocenters. The van der Waals surface area contributed by atoms with Gasteiger partial charge in [-0.25, -0.2) is 0 Å². The van der Waals surface area contributed by atoms with Crippen LogP contribution in [0.4, 0.5) is 0 Å². The second-order valence-corrected chi connectivity index (χ2v) is 12.4. The highest BCUT2D eigenvalue weighted by Gasteiger charge is 2.57. The van der Waals surface area contributed by atoms with Crippen molar-refractivity contribution in [1.82, 2.24) is 0 Å². The fourth-order valence-corrected chi connectivity index (χ4v) is 4.70. The SMILES string of the molecule is CCC(C)C(C)(C)C(C)(C)C(C)(C)OC(C)(C)C(C)(C)C(C)(C)C(C)CC. The van der Waals surface area contributed by atoms with E-state index in [1.54, 1.807) is 0 Å². The van der Waals surface area contributed by atoms with Crippen LogP contribution in [0.15, 0.2) is 0 Å². The number of rotatable bonds is 10. The number of ether oxygens (including phenoxy) is 1. The normalized spacial score (nSPS) is 17.8. The molecule has 0 bridgehead atoms. The van der Waals surface area contributed by atoms with Crippen LogP contribution in [-0.2, 0) is 4.74 Å². The minimum absolute atomic E-state index is 0.0310. The molecule has 0 spiro atoms. The van der Waals surface area contributed by atoms with Crippen molar-refractivity contribution in [3.05, 3.63) is 0 Å². The summed E-state index contributed by atoms with van der Waals surface area (Å²) in [6.45, 7) is 37.9. The average molecular weight is 383 g/mol. The average Bonchev–Trinajstić information content (AvgIpc) is 2.51. The first-order valence-corrected chi connectivity index (χ1v) is 11.4. The summed E-state index contributed by atoms with van der Waals surface area (Å²) in [5, 5.41) is 0. The lowest BCUT2D eigenvalue weighted by Crippen LogP contribution is -2.60. The molecule has 0 rings (SSSR count). The van der Waals surface area contributed by atoms with E-state index in [1.165, 1.54) is 12.8 Å². The van der Waals surface area contributed by atoms with Crippen molar-refractivity contribution in [3.8, 4) is 0 Å². The van der Waals surface area contributed by atoms with Crippen molar-refractivity contribution < 1.29 is 4.74 Å². The van der Waals surface area contributed by atoms with E-state index in [4.69, 9.17) is 4.74 Å². The van der Waals surface area contributed by atoms with Crippen LogP contribution in [0.1, 0.15) is 124 Å². The third-order valence-corrected chi connectivity index (χ3v) is 10.4. The third kappa shape index (κ3) is 4.44. The quantitative estimate of drug-likeness (QED) is 0.367. The largest absolute Gasteiger partial charge is 0.369 e. The van der Waals surface area contributed by atoms with Gasteiger partial charge in [0.25, 0.3) is 0 Å². The van der Waals surface area contributed by atoms with Gasteiger partial charge in [0.15, 0.2) is 0 Å². The predicted molar refractivity (Wildman–Crippen MR) is 123 cm³/mol. The Morgan fingerprint density at radius 3 is 0.926 bits per heavy atom. The molecule has 0 aliphatic rings. The van der Waals surface area contributed by atoms with E-state index in [1.807, 2.05) is 0 Å². The molecule has 164 valence electrons. The van der Waals surface area contributed by atoms with Gasteiger partial charge in [0, 0.05) is 0 Å². The van der Waals surface area contributed by atoms with Crippen LogP contribution in [0.5, 0.6) is 0 Å². The summed E-state index contributed by atoms with van der Waals surface area (Å²) in [6, 6.07) is 0. The minimum Gasteiger partial charge on any atom is -0.369 e.